The topological polar surface area (TPSA) is 0 Å². The van der Waals surface area contributed by atoms with Crippen LogP contribution in [0.5, 0.6) is 0 Å². The Hall–Kier alpha value is -1.33. The summed E-state index contributed by atoms with van der Waals surface area (Å²) < 4.78 is 4.16. The van der Waals surface area contributed by atoms with Gasteiger partial charge in [0.1, 0.15) is 0 Å². The van der Waals surface area contributed by atoms with E-state index in [1.165, 1.54) is 17.5 Å². The zero-order chi connectivity index (χ0) is 19.3. The summed E-state index contributed by atoms with van der Waals surface area (Å²) in [5, 5.41) is 0. The fourth-order valence-electron chi connectivity index (χ4n) is 4.75. The van der Waals surface area contributed by atoms with Crippen LogP contribution in [0.25, 0.3) is 11.1 Å². The summed E-state index contributed by atoms with van der Waals surface area (Å²) in [7, 11) is 0. The van der Waals surface area contributed by atoms with Gasteiger partial charge in [-0.2, -0.15) is 0 Å². The first-order chi connectivity index (χ1) is 12.8. The van der Waals surface area contributed by atoms with E-state index in [1.54, 1.807) is 25.5 Å². The molecule has 0 bridgehead atoms. The van der Waals surface area contributed by atoms with Crippen LogP contribution in [0.4, 0.5) is 0 Å². The fraction of sp³-hybridized carbons (Fsp3) is 0.346. The van der Waals surface area contributed by atoms with Crippen LogP contribution < -0.4 is 0 Å². The van der Waals surface area contributed by atoms with Crippen LogP contribution in [0.3, 0.4) is 0 Å². The van der Waals surface area contributed by atoms with Crippen molar-refractivity contribution in [3.8, 4) is 11.1 Å². The van der Waals surface area contributed by atoms with Gasteiger partial charge in [-0.25, -0.2) is 0 Å². The molecule has 0 fully saturated rings. The summed E-state index contributed by atoms with van der Waals surface area (Å²) in [6, 6.07) is 18.3. The molecule has 0 unspecified atom stereocenters. The molecule has 0 spiro atoms. The summed E-state index contributed by atoms with van der Waals surface area (Å²) >= 11 is -2.05. The average molecular weight is 434 g/mol. The molecule has 4 rings (SSSR count). The summed E-state index contributed by atoms with van der Waals surface area (Å²) in [6.45, 7) is 14.3. The standard InChI is InChI=1S/C13H9.C10H15.C3H6.Zr/c1-3-7-12-10(5-1)9-11-6-2-4-8-13(11)12;1-8-5-6-9(7-8)10(2,3)4;1-3-2;/h1-9H;7H,6H2,1-4H3;1-2H3;. The van der Waals surface area contributed by atoms with Crippen LogP contribution in [-0.2, 0) is 21.3 Å². The molecule has 0 aromatic heterocycles. The van der Waals surface area contributed by atoms with Crippen LogP contribution in [0.2, 0.25) is 0 Å². The Labute approximate surface area is 172 Å². The minimum atomic E-state index is -2.05. The van der Waals surface area contributed by atoms with E-state index in [0.717, 1.165) is 0 Å². The molecule has 0 atom stereocenters. The normalized spacial score (nSPS) is 16.3. The van der Waals surface area contributed by atoms with Crippen molar-refractivity contribution in [1.29, 1.82) is 0 Å². The molecule has 0 N–H and O–H groups in total. The summed E-state index contributed by atoms with van der Waals surface area (Å²) in [4.78, 5) is 0. The summed E-state index contributed by atoms with van der Waals surface area (Å²) in [5.74, 6) is 0. The number of allylic oxidation sites excluding steroid dienone is 4. The minimum absolute atomic E-state index is 0.268. The molecule has 0 saturated carbocycles. The molecule has 2 aliphatic carbocycles. The van der Waals surface area contributed by atoms with Crippen LogP contribution in [-0.4, -0.2) is 3.21 Å². The molecule has 0 nitrogen and oxygen atoms in total. The Morgan fingerprint density at radius 3 is 1.85 bits per heavy atom. The van der Waals surface area contributed by atoms with Gasteiger partial charge in [-0.1, -0.05) is 0 Å². The Morgan fingerprint density at radius 2 is 1.41 bits per heavy atom. The Kier molecular flexibility index (Phi) is 4.88. The van der Waals surface area contributed by atoms with Gasteiger partial charge in [0.2, 0.25) is 0 Å². The first kappa shape index (κ1) is 19.0. The zero-order valence-corrected chi connectivity index (χ0v) is 19.9. The first-order valence-electron chi connectivity index (χ1n) is 10.1. The van der Waals surface area contributed by atoms with E-state index >= 15 is 0 Å². The van der Waals surface area contributed by atoms with Crippen LogP contribution in [0, 0.1) is 5.41 Å². The first-order valence-corrected chi connectivity index (χ1v) is 13.9. The summed E-state index contributed by atoms with van der Waals surface area (Å²) in [5.41, 5.74) is 9.56. The van der Waals surface area contributed by atoms with E-state index in [2.05, 4.69) is 96.1 Å². The molecule has 2 aromatic carbocycles. The van der Waals surface area contributed by atoms with Gasteiger partial charge in [0.05, 0.1) is 0 Å². The van der Waals surface area contributed by atoms with Crippen molar-refractivity contribution in [2.45, 2.75) is 51.6 Å². The molecular weight excluding hydrogens is 404 g/mol. The van der Waals surface area contributed by atoms with E-state index in [-0.39, 0.29) is 5.41 Å². The maximum absolute atomic E-state index is 2.51. The molecule has 0 radical (unpaired) electrons. The number of hydrogen-bond acceptors (Lipinski definition) is 0. The molecule has 0 saturated heterocycles. The van der Waals surface area contributed by atoms with Crippen LogP contribution in [0.15, 0.2) is 69.0 Å². The average Bonchev–Trinajstić information content (AvgIpc) is 3.15. The SMILES string of the molecule is CC1=[C]([Zr](=[C](C)C)[CH]2c3ccccc3-c3ccccc32)CC(C(C)(C)C)=C1. The second kappa shape index (κ2) is 6.93. The monoisotopic (exact) mass is 432 g/mol. The van der Waals surface area contributed by atoms with Gasteiger partial charge in [-0.3, -0.25) is 0 Å². The van der Waals surface area contributed by atoms with E-state index in [0.29, 0.717) is 3.63 Å². The third-order valence-corrected chi connectivity index (χ3v) is 14.8. The second-order valence-corrected chi connectivity index (χ2v) is 16.7. The van der Waals surface area contributed by atoms with Crippen LogP contribution in [0.1, 0.15) is 62.7 Å². The van der Waals surface area contributed by atoms with Gasteiger partial charge >= 0.3 is 173 Å². The van der Waals surface area contributed by atoms with E-state index < -0.39 is 21.3 Å². The maximum atomic E-state index is 2.51. The molecule has 2 aliphatic rings. The number of benzene rings is 2. The second-order valence-electron chi connectivity index (χ2n) is 9.28. The van der Waals surface area contributed by atoms with E-state index in [4.69, 9.17) is 0 Å². The van der Waals surface area contributed by atoms with Gasteiger partial charge < -0.3 is 0 Å². The summed E-state index contributed by atoms with van der Waals surface area (Å²) in [6.07, 6.45) is 3.71. The van der Waals surface area contributed by atoms with Crippen molar-refractivity contribution in [3.05, 3.63) is 80.2 Å². The fourth-order valence-corrected chi connectivity index (χ4v) is 13.4. The molecule has 0 amide bonds. The number of hydrogen-bond donors (Lipinski definition) is 0. The molecular formula is C26H30Zr. The van der Waals surface area contributed by atoms with Gasteiger partial charge in [0.15, 0.2) is 0 Å². The zero-order valence-electron chi connectivity index (χ0n) is 17.5. The quantitative estimate of drug-likeness (QED) is 0.468. The number of fused-ring (bicyclic) bond motifs is 3. The van der Waals surface area contributed by atoms with Crippen molar-refractivity contribution in [2.75, 3.05) is 0 Å². The van der Waals surface area contributed by atoms with Crippen molar-refractivity contribution >= 4 is 3.21 Å². The third kappa shape index (κ3) is 3.23. The third-order valence-electron chi connectivity index (χ3n) is 6.18. The van der Waals surface area contributed by atoms with E-state index in [1.807, 2.05) is 3.28 Å². The Bertz CT molecular complexity index is 959. The molecule has 0 aliphatic heterocycles. The number of rotatable bonds is 2. The molecule has 0 heterocycles. The van der Waals surface area contributed by atoms with Crippen molar-refractivity contribution < 1.29 is 21.3 Å². The van der Waals surface area contributed by atoms with Crippen LogP contribution >= 0.6 is 0 Å². The Balaban J connectivity index is 1.87. The molecule has 1 heteroatoms. The predicted octanol–water partition coefficient (Wildman–Crippen LogP) is 7.24. The van der Waals surface area contributed by atoms with Gasteiger partial charge in [0, 0.05) is 0 Å². The van der Waals surface area contributed by atoms with Gasteiger partial charge in [0.25, 0.3) is 0 Å². The van der Waals surface area contributed by atoms with Crippen molar-refractivity contribution in [1.82, 2.24) is 0 Å². The Morgan fingerprint density at radius 1 is 0.889 bits per heavy atom. The molecule has 2 aromatic rings. The molecule has 27 heavy (non-hydrogen) atoms. The van der Waals surface area contributed by atoms with Crippen molar-refractivity contribution in [2.24, 2.45) is 5.41 Å². The predicted molar refractivity (Wildman–Crippen MR) is 115 cm³/mol. The molecule has 138 valence electrons. The van der Waals surface area contributed by atoms with Crippen molar-refractivity contribution in [3.63, 3.8) is 0 Å². The van der Waals surface area contributed by atoms with Gasteiger partial charge in [-0.05, 0) is 0 Å². The van der Waals surface area contributed by atoms with E-state index in [9.17, 15) is 0 Å². The van der Waals surface area contributed by atoms with Gasteiger partial charge in [-0.15, -0.1) is 0 Å².